The third kappa shape index (κ3) is 7.43. The molecule has 0 aromatic heterocycles. The van der Waals surface area contributed by atoms with Crippen LogP contribution in [0.3, 0.4) is 0 Å². The fraction of sp³-hybridized carbons (Fsp3) is 0.857. The number of hydrogen-bond acceptors (Lipinski definition) is 2. The van der Waals surface area contributed by atoms with Gasteiger partial charge in [-0.25, -0.2) is 0 Å². The molecule has 3 heteroatoms. The van der Waals surface area contributed by atoms with Crippen molar-refractivity contribution in [1.82, 2.24) is 0 Å². The summed E-state index contributed by atoms with van der Waals surface area (Å²) in [4.78, 5) is 10.3. The van der Waals surface area contributed by atoms with Crippen LogP contribution in [0.25, 0.3) is 0 Å². The molecule has 0 unspecified atom stereocenters. The van der Waals surface area contributed by atoms with E-state index in [9.17, 15) is 4.79 Å². The SMILES string of the molecule is C[14C](=O)OCC[N+](C)(C)C. The number of esters is 1. The standard InChI is InChI=1S/C7H16NO2/c1-7(9)10-6-5-8(2,3)4/h5-6H2,1-4H3/q+1/i7+2. The Hall–Kier alpha value is -0.570. The summed E-state index contributed by atoms with van der Waals surface area (Å²) in [5.41, 5.74) is 0. The zero-order chi connectivity index (χ0) is 8.20. The maximum Gasteiger partial charge on any atom is 0.302 e. The Balaban J connectivity index is 3.29. The highest BCUT2D eigenvalue weighted by Crippen LogP contribution is 1.88. The number of carbonyl (C=O) groups excluding carboxylic acids is 1. The van der Waals surface area contributed by atoms with Crippen molar-refractivity contribution in [1.29, 1.82) is 0 Å². The van der Waals surface area contributed by atoms with Gasteiger partial charge in [0.2, 0.25) is 0 Å². The van der Waals surface area contributed by atoms with Crippen LogP contribution in [0.2, 0.25) is 0 Å². The number of rotatable bonds is 3. The predicted octanol–water partition coefficient (Wildman–Crippen LogP) is 0.256. The van der Waals surface area contributed by atoms with Crippen molar-refractivity contribution in [2.24, 2.45) is 0 Å². The average Bonchev–Trinajstić information content (AvgIpc) is 1.59. The van der Waals surface area contributed by atoms with Crippen LogP contribution in [-0.4, -0.2) is 44.7 Å². The number of carbonyl (C=O) groups is 1. The Morgan fingerprint density at radius 1 is 1.40 bits per heavy atom. The first-order chi connectivity index (χ1) is 4.42. The topological polar surface area (TPSA) is 26.3 Å². The van der Waals surface area contributed by atoms with E-state index in [2.05, 4.69) is 21.1 Å². The van der Waals surface area contributed by atoms with Crippen LogP contribution < -0.4 is 0 Å². The van der Waals surface area contributed by atoms with E-state index in [1.54, 1.807) is 0 Å². The van der Waals surface area contributed by atoms with Gasteiger partial charge in [0, 0.05) is 6.92 Å². The minimum Gasteiger partial charge on any atom is -0.460 e. The smallest absolute Gasteiger partial charge is 0.302 e. The van der Waals surface area contributed by atoms with E-state index < -0.39 is 0 Å². The van der Waals surface area contributed by atoms with Crippen LogP contribution in [-0.2, 0) is 9.53 Å². The molecular formula is C7H16NO2+. The van der Waals surface area contributed by atoms with Gasteiger partial charge in [0.15, 0.2) is 0 Å². The predicted molar refractivity (Wildman–Crippen MR) is 39.5 cm³/mol. The van der Waals surface area contributed by atoms with Crippen LogP contribution in [0.15, 0.2) is 0 Å². The highest BCUT2D eigenvalue weighted by Gasteiger charge is 2.06. The summed E-state index contributed by atoms with van der Waals surface area (Å²) in [7, 11) is 6.18. The van der Waals surface area contributed by atoms with Crippen LogP contribution in [0.1, 0.15) is 6.92 Å². The molecule has 0 aromatic rings. The lowest BCUT2D eigenvalue weighted by atomic mass is 10.5. The van der Waals surface area contributed by atoms with Gasteiger partial charge in [-0.15, -0.1) is 0 Å². The molecule has 0 aliphatic heterocycles. The van der Waals surface area contributed by atoms with Crippen LogP contribution in [0, 0.1) is 0 Å². The summed E-state index contributed by atoms with van der Waals surface area (Å²) in [6, 6.07) is 0. The Kier molecular flexibility index (Phi) is 3.36. The van der Waals surface area contributed by atoms with E-state index >= 15 is 0 Å². The summed E-state index contributed by atoms with van der Waals surface area (Å²) < 4.78 is 5.59. The van der Waals surface area contributed by atoms with Gasteiger partial charge < -0.3 is 9.22 Å². The second-order valence-electron chi connectivity index (χ2n) is 3.35. The first-order valence-electron chi connectivity index (χ1n) is 3.35. The average molecular weight is 148 g/mol. The molecule has 0 saturated heterocycles. The molecule has 0 bridgehead atoms. The molecule has 0 atom stereocenters. The molecular weight excluding hydrogens is 132 g/mol. The number of hydrogen-bond donors (Lipinski definition) is 0. The molecule has 10 heavy (non-hydrogen) atoms. The van der Waals surface area contributed by atoms with Gasteiger partial charge in [-0.05, 0) is 0 Å². The molecule has 0 radical (unpaired) electrons. The highest BCUT2D eigenvalue weighted by atomic mass is 16.8. The number of nitrogens with zero attached hydrogens (tertiary/aromatic N) is 1. The Labute approximate surface area is 62.2 Å². The van der Waals surface area contributed by atoms with Crippen molar-refractivity contribution >= 4 is 5.97 Å². The van der Waals surface area contributed by atoms with E-state index in [-0.39, 0.29) is 5.97 Å². The second-order valence-corrected chi connectivity index (χ2v) is 3.35. The van der Waals surface area contributed by atoms with Crippen molar-refractivity contribution in [2.75, 3.05) is 34.3 Å². The monoisotopic (exact) mass is 148 g/mol. The second kappa shape index (κ2) is 3.56. The van der Waals surface area contributed by atoms with E-state index in [0.717, 1.165) is 11.0 Å². The molecule has 0 spiro atoms. The number of likely N-dealkylation sites (N-methyl/N-ethyl adjacent to an activating group) is 1. The van der Waals surface area contributed by atoms with Gasteiger partial charge in [-0.1, -0.05) is 0 Å². The van der Waals surface area contributed by atoms with E-state index in [1.165, 1.54) is 6.92 Å². The fourth-order valence-electron chi connectivity index (χ4n) is 0.463. The molecule has 0 heterocycles. The normalized spacial score (nSPS) is 11.2. The van der Waals surface area contributed by atoms with Crippen molar-refractivity contribution in [3.8, 4) is 0 Å². The fourth-order valence-corrected chi connectivity index (χ4v) is 0.463. The zero-order valence-corrected chi connectivity index (χ0v) is 7.18. The van der Waals surface area contributed by atoms with Crippen LogP contribution in [0.4, 0.5) is 0 Å². The van der Waals surface area contributed by atoms with Gasteiger partial charge in [0.25, 0.3) is 0 Å². The van der Waals surface area contributed by atoms with E-state index in [4.69, 9.17) is 4.74 Å². The lowest BCUT2D eigenvalue weighted by molar-refractivity contribution is -0.870. The summed E-state index contributed by atoms with van der Waals surface area (Å²) in [6.07, 6.45) is 0. The van der Waals surface area contributed by atoms with Crippen LogP contribution in [0.5, 0.6) is 0 Å². The molecule has 0 aliphatic rings. The Bertz CT molecular complexity index is 115. The van der Waals surface area contributed by atoms with E-state index in [0.29, 0.717) is 6.61 Å². The maximum absolute atomic E-state index is 10.3. The number of ether oxygens (including phenoxy) is 1. The Morgan fingerprint density at radius 2 is 1.90 bits per heavy atom. The molecule has 0 aliphatic carbocycles. The summed E-state index contributed by atoms with van der Waals surface area (Å²) in [6.45, 7) is 2.80. The molecule has 0 fully saturated rings. The summed E-state index contributed by atoms with van der Waals surface area (Å²) >= 11 is 0. The minimum absolute atomic E-state index is 0.201. The summed E-state index contributed by atoms with van der Waals surface area (Å²) in [5.74, 6) is -0.201. The molecule has 0 rings (SSSR count). The Morgan fingerprint density at radius 3 is 2.20 bits per heavy atom. The molecule has 0 aromatic carbocycles. The van der Waals surface area contributed by atoms with Crippen molar-refractivity contribution < 1.29 is 14.0 Å². The zero-order valence-electron chi connectivity index (χ0n) is 7.18. The van der Waals surface area contributed by atoms with Crippen LogP contribution >= 0.6 is 0 Å². The van der Waals surface area contributed by atoms with Gasteiger partial charge in [-0.2, -0.15) is 0 Å². The molecule has 3 nitrogen and oxygen atoms in total. The molecule has 0 saturated carbocycles. The maximum atomic E-state index is 10.3. The van der Waals surface area contributed by atoms with Crippen molar-refractivity contribution in [3.63, 3.8) is 0 Å². The van der Waals surface area contributed by atoms with Gasteiger partial charge in [-0.3, -0.25) is 4.79 Å². The molecule has 0 amide bonds. The minimum atomic E-state index is -0.201. The van der Waals surface area contributed by atoms with Gasteiger partial charge in [0.05, 0.1) is 21.1 Å². The van der Waals surface area contributed by atoms with E-state index in [1.807, 2.05) is 0 Å². The largest absolute Gasteiger partial charge is 0.460 e. The first-order valence-corrected chi connectivity index (χ1v) is 3.35. The quantitative estimate of drug-likeness (QED) is 0.424. The highest BCUT2D eigenvalue weighted by molar-refractivity contribution is 5.65. The third-order valence-corrected chi connectivity index (χ3v) is 1.07. The van der Waals surface area contributed by atoms with Crippen molar-refractivity contribution in [3.05, 3.63) is 0 Å². The van der Waals surface area contributed by atoms with Crippen molar-refractivity contribution in [2.45, 2.75) is 6.92 Å². The van der Waals surface area contributed by atoms with Gasteiger partial charge in [0.1, 0.15) is 13.2 Å². The number of quaternary nitrogens is 1. The third-order valence-electron chi connectivity index (χ3n) is 1.07. The first kappa shape index (κ1) is 9.43. The van der Waals surface area contributed by atoms with Gasteiger partial charge >= 0.3 is 5.97 Å². The lowest BCUT2D eigenvalue weighted by Crippen LogP contribution is -2.37. The molecule has 0 N–H and O–H groups in total. The lowest BCUT2D eigenvalue weighted by Gasteiger charge is -2.23. The molecule has 60 valence electrons. The summed E-state index contributed by atoms with van der Waals surface area (Å²) in [5, 5.41) is 0.